The van der Waals surface area contributed by atoms with E-state index in [4.69, 9.17) is 4.74 Å². The first-order valence-corrected chi connectivity index (χ1v) is 12.5. The maximum Gasteiger partial charge on any atom is 0.254 e. The van der Waals surface area contributed by atoms with Gasteiger partial charge in [-0.15, -0.1) is 5.10 Å². The van der Waals surface area contributed by atoms with Gasteiger partial charge in [0.2, 0.25) is 0 Å². The highest BCUT2D eigenvalue weighted by Crippen LogP contribution is 2.40. The molecule has 0 bridgehead atoms. The molecule has 1 fully saturated rings. The monoisotopic (exact) mass is 470 g/mol. The van der Waals surface area contributed by atoms with Gasteiger partial charge >= 0.3 is 0 Å². The third kappa shape index (κ3) is 3.91. The number of ether oxygens (including phenoxy) is 1. The maximum atomic E-state index is 13.6. The highest BCUT2D eigenvalue weighted by molar-refractivity contribution is 5.80. The van der Waals surface area contributed by atoms with Gasteiger partial charge in [0.25, 0.3) is 5.56 Å². The number of hydrogen-bond acceptors (Lipinski definition) is 6. The number of rotatable bonds is 6. The Labute approximate surface area is 203 Å². The zero-order valence-corrected chi connectivity index (χ0v) is 20.1. The van der Waals surface area contributed by atoms with Gasteiger partial charge in [0.05, 0.1) is 12.6 Å². The number of hydrogen-bond donors (Lipinski definition) is 1. The molecule has 0 spiro atoms. The summed E-state index contributed by atoms with van der Waals surface area (Å²) in [5, 5.41) is 13.9. The summed E-state index contributed by atoms with van der Waals surface area (Å²) in [5.41, 5.74) is 5.00. The van der Waals surface area contributed by atoms with Gasteiger partial charge in [0.1, 0.15) is 6.04 Å². The zero-order chi connectivity index (χ0) is 23.9. The molecule has 35 heavy (non-hydrogen) atoms. The lowest BCUT2D eigenvalue weighted by molar-refractivity contribution is 0.0924. The van der Waals surface area contributed by atoms with Crippen molar-refractivity contribution in [2.45, 2.75) is 64.3 Å². The fraction of sp³-hybridized carbons (Fsp3) is 0.407. The minimum absolute atomic E-state index is 0.0863. The molecule has 6 rings (SSSR count). The maximum absolute atomic E-state index is 13.6. The fourth-order valence-corrected chi connectivity index (χ4v) is 5.61. The molecule has 0 aliphatic carbocycles. The molecule has 1 N–H and O–H groups in total. The van der Waals surface area contributed by atoms with Crippen molar-refractivity contribution in [1.29, 1.82) is 0 Å². The number of anilines is 1. The molecular weight excluding hydrogens is 440 g/mol. The topological polar surface area (TPSA) is 88.9 Å². The molecule has 2 aromatic heterocycles. The van der Waals surface area contributed by atoms with Gasteiger partial charge in [-0.2, -0.15) is 0 Å². The van der Waals surface area contributed by atoms with E-state index in [1.54, 1.807) is 0 Å². The summed E-state index contributed by atoms with van der Waals surface area (Å²) < 4.78 is 7.71. The van der Waals surface area contributed by atoms with E-state index in [0.29, 0.717) is 17.9 Å². The lowest BCUT2D eigenvalue weighted by Crippen LogP contribution is -2.39. The van der Waals surface area contributed by atoms with Crippen molar-refractivity contribution in [3.63, 3.8) is 0 Å². The number of aryl methyl sites for hydroxylation is 1. The number of para-hydroxylation sites is 1. The van der Waals surface area contributed by atoms with E-state index in [1.165, 1.54) is 11.1 Å². The largest absolute Gasteiger partial charge is 0.376 e. The Kier molecular flexibility index (Phi) is 5.60. The number of aromatic nitrogens is 5. The summed E-state index contributed by atoms with van der Waals surface area (Å²) in [6, 6.07) is 16.4. The Morgan fingerprint density at radius 3 is 2.91 bits per heavy atom. The quantitative estimate of drug-likeness (QED) is 0.461. The highest BCUT2D eigenvalue weighted by Gasteiger charge is 2.38. The number of fused-ring (bicyclic) bond motifs is 2. The van der Waals surface area contributed by atoms with E-state index in [-0.39, 0.29) is 17.7 Å². The Hall–Kier alpha value is -3.52. The predicted molar refractivity (Wildman–Crippen MR) is 135 cm³/mol. The molecule has 4 heterocycles. The van der Waals surface area contributed by atoms with Crippen molar-refractivity contribution in [3.05, 3.63) is 81.4 Å². The summed E-state index contributed by atoms with van der Waals surface area (Å²) in [6.45, 7) is 5.69. The molecule has 0 radical (unpaired) electrons. The summed E-state index contributed by atoms with van der Waals surface area (Å²) >= 11 is 0. The Balaban J connectivity index is 1.53. The van der Waals surface area contributed by atoms with Gasteiger partial charge in [0.15, 0.2) is 5.82 Å². The van der Waals surface area contributed by atoms with Crippen LogP contribution in [0.2, 0.25) is 0 Å². The van der Waals surface area contributed by atoms with Gasteiger partial charge in [-0.1, -0.05) is 31.2 Å². The second-order valence-corrected chi connectivity index (χ2v) is 9.67. The first-order chi connectivity index (χ1) is 17.1. The average molecular weight is 471 g/mol. The third-order valence-electron chi connectivity index (χ3n) is 7.38. The van der Waals surface area contributed by atoms with E-state index < -0.39 is 6.04 Å². The Morgan fingerprint density at radius 2 is 2.09 bits per heavy atom. The smallest absolute Gasteiger partial charge is 0.254 e. The van der Waals surface area contributed by atoms with Crippen molar-refractivity contribution in [3.8, 4) is 0 Å². The lowest BCUT2D eigenvalue weighted by Gasteiger charge is -2.33. The molecule has 1 saturated heterocycles. The van der Waals surface area contributed by atoms with Gasteiger partial charge in [0, 0.05) is 29.4 Å². The number of nitrogens with one attached hydrogen (secondary N) is 1. The highest BCUT2D eigenvalue weighted by atomic mass is 16.5. The SMILES string of the molecule is CCc1ccc2[nH]c(=O)c(C(c3nnnn3CC3CCCO3)N3c4ccccc4CC3C)cc2c1. The number of H-pyrrole nitrogens is 1. The van der Waals surface area contributed by atoms with E-state index in [1.807, 2.05) is 16.8 Å². The molecule has 8 heteroatoms. The van der Waals surface area contributed by atoms with E-state index in [0.717, 1.165) is 48.9 Å². The standard InChI is InChI=1S/C27H30N6O2/c1-3-18-10-11-23-20(14-18)15-22(27(34)28-23)25(33-17(2)13-19-7-4-5-9-24(19)33)26-29-30-31-32(26)16-21-8-6-12-35-21/h4-5,7,9-11,14-15,17,21,25H,3,6,8,12-13,16H2,1-2H3,(H,28,34). The van der Waals surface area contributed by atoms with Crippen LogP contribution in [-0.2, 0) is 24.1 Å². The van der Waals surface area contributed by atoms with Crippen molar-refractivity contribution in [2.24, 2.45) is 0 Å². The number of aromatic amines is 1. The van der Waals surface area contributed by atoms with E-state index in [2.05, 4.69) is 75.7 Å². The number of tetrazole rings is 1. The molecule has 2 aromatic carbocycles. The van der Waals surface area contributed by atoms with Crippen LogP contribution in [0.3, 0.4) is 0 Å². The van der Waals surface area contributed by atoms with Crippen molar-refractivity contribution in [2.75, 3.05) is 11.5 Å². The van der Waals surface area contributed by atoms with Crippen LogP contribution in [-0.4, -0.2) is 43.9 Å². The van der Waals surface area contributed by atoms with E-state index in [9.17, 15) is 4.79 Å². The van der Waals surface area contributed by atoms with Gasteiger partial charge < -0.3 is 14.6 Å². The molecule has 0 saturated carbocycles. The van der Waals surface area contributed by atoms with Crippen LogP contribution >= 0.6 is 0 Å². The van der Waals surface area contributed by atoms with Crippen molar-refractivity contribution < 1.29 is 4.74 Å². The number of pyridine rings is 1. The van der Waals surface area contributed by atoms with Crippen LogP contribution < -0.4 is 10.5 Å². The van der Waals surface area contributed by atoms with Crippen molar-refractivity contribution in [1.82, 2.24) is 25.2 Å². The van der Waals surface area contributed by atoms with Gasteiger partial charge in [-0.3, -0.25) is 4.79 Å². The van der Waals surface area contributed by atoms with Crippen LogP contribution in [0.15, 0.2) is 53.3 Å². The number of nitrogens with zero attached hydrogens (tertiary/aromatic N) is 5. The number of benzene rings is 2. The molecule has 0 amide bonds. The molecule has 2 aliphatic heterocycles. The second-order valence-electron chi connectivity index (χ2n) is 9.67. The Bertz CT molecular complexity index is 1420. The first kappa shape index (κ1) is 22.0. The molecule has 8 nitrogen and oxygen atoms in total. The Morgan fingerprint density at radius 1 is 1.20 bits per heavy atom. The van der Waals surface area contributed by atoms with Gasteiger partial charge in [-0.25, -0.2) is 4.68 Å². The lowest BCUT2D eigenvalue weighted by atomic mass is 10.0. The summed E-state index contributed by atoms with van der Waals surface area (Å²) in [5.74, 6) is 0.667. The fourth-order valence-electron chi connectivity index (χ4n) is 5.61. The molecular formula is C27H30N6O2. The molecule has 4 aromatic rings. The van der Waals surface area contributed by atoms with Crippen molar-refractivity contribution >= 4 is 16.6 Å². The zero-order valence-electron chi connectivity index (χ0n) is 20.1. The van der Waals surface area contributed by atoms with Crippen LogP contribution in [0.1, 0.15) is 55.2 Å². The molecule has 2 aliphatic rings. The van der Waals surface area contributed by atoms with Crippen LogP contribution in [0, 0.1) is 0 Å². The molecule has 3 unspecified atom stereocenters. The summed E-state index contributed by atoms with van der Waals surface area (Å²) in [6.07, 6.45) is 3.97. The summed E-state index contributed by atoms with van der Waals surface area (Å²) in [7, 11) is 0. The minimum Gasteiger partial charge on any atom is -0.376 e. The predicted octanol–water partition coefficient (Wildman–Crippen LogP) is 3.80. The molecule has 180 valence electrons. The summed E-state index contributed by atoms with van der Waals surface area (Å²) in [4.78, 5) is 19.0. The van der Waals surface area contributed by atoms with Crippen LogP contribution in [0.4, 0.5) is 5.69 Å². The molecule has 3 atom stereocenters. The first-order valence-electron chi connectivity index (χ1n) is 12.5. The third-order valence-corrected chi connectivity index (χ3v) is 7.38. The van der Waals surface area contributed by atoms with Crippen LogP contribution in [0.25, 0.3) is 10.9 Å². The second kappa shape index (κ2) is 8.92. The average Bonchev–Trinajstić information content (AvgIpc) is 3.61. The van der Waals surface area contributed by atoms with Crippen LogP contribution in [0.5, 0.6) is 0 Å². The van der Waals surface area contributed by atoms with Gasteiger partial charge in [-0.05, 0) is 83.8 Å². The normalized spacial score (nSPS) is 20.5. The van der Waals surface area contributed by atoms with E-state index >= 15 is 0 Å². The minimum atomic E-state index is -0.427.